The highest BCUT2D eigenvalue weighted by molar-refractivity contribution is 7.98. The van der Waals surface area contributed by atoms with E-state index in [0.717, 1.165) is 29.8 Å². The fraction of sp³-hybridized carbons (Fsp3) is 0.533. The minimum Gasteiger partial charge on any atom is -0.342 e. The first-order valence-corrected chi connectivity index (χ1v) is 8.26. The van der Waals surface area contributed by atoms with E-state index in [0.29, 0.717) is 6.04 Å². The second-order valence-corrected chi connectivity index (χ2v) is 6.03. The molecule has 1 heterocycles. The molecule has 4 heteroatoms. The van der Waals surface area contributed by atoms with Crippen molar-refractivity contribution in [2.24, 2.45) is 0 Å². The topological polar surface area (TPSA) is 40.7 Å². The predicted octanol–water partition coefficient (Wildman–Crippen LogP) is 3.15. The number of thioether (sulfide) groups is 1. The maximum absolute atomic E-state index is 4.67. The van der Waals surface area contributed by atoms with Crippen LogP contribution in [0.1, 0.15) is 24.7 Å². The zero-order chi connectivity index (χ0) is 13.7. The number of aromatic amines is 1. The number of nitrogens with one attached hydrogen (secondary N) is 2. The molecule has 0 saturated carbocycles. The van der Waals surface area contributed by atoms with E-state index in [2.05, 4.69) is 53.6 Å². The molecule has 0 radical (unpaired) electrons. The average Bonchev–Trinajstić information content (AvgIpc) is 2.81. The standard InChI is InChI=1S/C15H23N3S/c1-11-5-4-6-13-15(11)18-14(17-13)7-9-16-12(2)8-10-19-3/h4-6,12,16H,7-10H2,1-3H3,(H,17,18)/t12-/m0/s1. The predicted molar refractivity (Wildman–Crippen MR) is 85.0 cm³/mol. The second-order valence-electron chi connectivity index (χ2n) is 5.04. The molecule has 0 spiro atoms. The number of rotatable bonds is 7. The molecule has 2 aromatic rings. The first kappa shape index (κ1) is 14.4. The van der Waals surface area contributed by atoms with Crippen LogP contribution in [0.3, 0.4) is 0 Å². The molecule has 1 aromatic carbocycles. The van der Waals surface area contributed by atoms with Gasteiger partial charge in [-0.05, 0) is 43.9 Å². The maximum Gasteiger partial charge on any atom is 0.108 e. The zero-order valence-corrected chi connectivity index (χ0v) is 12.8. The number of aromatic nitrogens is 2. The molecule has 104 valence electrons. The van der Waals surface area contributed by atoms with E-state index in [4.69, 9.17) is 0 Å². The van der Waals surface area contributed by atoms with Crippen LogP contribution < -0.4 is 5.32 Å². The van der Waals surface area contributed by atoms with Crippen LogP contribution in [0.15, 0.2) is 18.2 Å². The van der Waals surface area contributed by atoms with Crippen LogP contribution in [0.25, 0.3) is 11.0 Å². The molecule has 3 nitrogen and oxygen atoms in total. The van der Waals surface area contributed by atoms with Crippen LogP contribution in [-0.2, 0) is 6.42 Å². The summed E-state index contributed by atoms with van der Waals surface area (Å²) in [5.74, 6) is 2.30. The average molecular weight is 277 g/mol. The Labute approximate surface area is 119 Å². The summed E-state index contributed by atoms with van der Waals surface area (Å²) < 4.78 is 0. The SMILES string of the molecule is CSCC[C@H](C)NCCc1nc2c(C)cccc2[nH]1. The van der Waals surface area contributed by atoms with Crippen molar-refractivity contribution in [2.45, 2.75) is 32.7 Å². The van der Waals surface area contributed by atoms with Gasteiger partial charge < -0.3 is 10.3 Å². The molecule has 1 atom stereocenters. The number of nitrogens with zero attached hydrogens (tertiary/aromatic N) is 1. The fourth-order valence-electron chi connectivity index (χ4n) is 2.18. The first-order chi connectivity index (χ1) is 9.20. The van der Waals surface area contributed by atoms with Crippen LogP contribution in [0, 0.1) is 6.92 Å². The number of benzene rings is 1. The molecule has 0 aliphatic heterocycles. The monoisotopic (exact) mass is 277 g/mol. The summed E-state index contributed by atoms with van der Waals surface area (Å²) in [5, 5.41) is 3.55. The van der Waals surface area contributed by atoms with Crippen molar-refractivity contribution in [2.75, 3.05) is 18.6 Å². The van der Waals surface area contributed by atoms with Gasteiger partial charge in [-0.15, -0.1) is 0 Å². The first-order valence-electron chi connectivity index (χ1n) is 6.87. The van der Waals surface area contributed by atoms with Gasteiger partial charge in [0.2, 0.25) is 0 Å². The lowest BCUT2D eigenvalue weighted by Crippen LogP contribution is -2.28. The van der Waals surface area contributed by atoms with E-state index in [-0.39, 0.29) is 0 Å². The second kappa shape index (κ2) is 6.96. The summed E-state index contributed by atoms with van der Waals surface area (Å²) in [4.78, 5) is 8.07. The van der Waals surface area contributed by atoms with E-state index in [1.54, 1.807) is 0 Å². The Kier molecular flexibility index (Phi) is 5.28. The van der Waals surface area contributed by atoms with E-state index in [9.17, 15) is 0 Å². The third kappa shape index (κ3) is 3.98. The molecule has 0 bridgehead atoms. The molecule has 19 heavy (non-hydrogen) atoms. The molecule has 0 amide bonds. The van der Waals surface area contributed by atoms with Gasteiger partial charge in [0.1, 0.15) is 5.82 Å². The van der Waals surface area contributed by atoms with E-state index in [1.165, 1.54) is 17.7 Å². The quantitative estimate of drug-likeness (QED) is 0.817. The molecule has 2 N–H and O–H groups in total. The van der Waals surface area contributed by atoms with Crippen molar-refractivity contribution in [3.8, 4) is 0 Å². The minimum atomic E-state index is 0.582. The Bertz CT molecular complexity index is 521. The summed E-state index contributed by atoms with van der Waals surface area (Å²) in [6, 6.07) is 6.85. The lowest BCUT2D eigenvalue weighted by molar-refractivity contribution is 0.537. The Balaban J connectivity index is 1.86. The summed E-state index contributed by atoms with van der Waals surface area (Å²) in [5.41, 5.74) is 3.49. The van der Waals surface area contributed by atoms with E-state index >= 15 is 0 Å². The lowest BCUT2D eigenvalue weighted by atomic mass is 10.2. The fourth-order valence-corrected chi connectivity index (χ4v) is 2.77. The summed E-state index contributed by atoms with van der Waals surface area (Å²) in [6.45, 7) is 5.34. The van der Waals surface area contributed by atoms with Crippen molar-refractivity contribution in [3.63, 3.8) is 0 Å². The van der Waals surface area contributed by atoms with Gasteiger partial charge in [0, 0.05) is 19.0 Å². The van der Waals surface area contributed by atoms with E-state index in [1.807, 2.05) is 11.8 Å². The Morgan fingerprint density at radius 2 is 2.26 bits per heavy atom. The van der Waals surface area contributed by atoms with Gasteiger partial charge >= 0.3 is 0 Å². The molecule has 0 unspecified atom stereocenters. The molecular formula is C15H23N3S. The molecule has 1 aromatic heterocycles. The minimum absolute atomic E-state index is 0.582. The molecule has 0 saturated heterocycles. The van der Waals surface area contributed by atoms with Gasteiger partial charge in [0.15, 0.2) is 0 Å². The number of aryl methyl sites for hydroxylation is 1. The number of fused-ring (bicyclic) bond motifs is 1. The summed E-state index contributed by atoms with van der Waals surface area (Å²) in [6.07, 6.45) is 4.33. The van der Waals surface area contributed by atoms with E-state index < -0.39 is 0 Å². The largest absolute Gasteiger partial charge is 0.342 e. The van der Waals surface area contributed by atoms with Crippen LogP contribution >= 0.6 is 11.8 Å². The highest BCUT2D eigenvalue weighted by Crippen LogP contribution is 2.15. The number of imidazole rings is 1. The Morgan fingerprint density at radius 1 is 1.42 bits per heavy atom. The molecule has 0 aliphatic rings. The van der Waals surface area contributed by atoms with Crippen LogP contribution in [0.4, 0.5) is 0 Å². The van der Waals surface area contributed by atoms with Gasteiger partial charge in [-0.2, -0.15) is 11.8 Å². The Morgan fingerprint density at radius 3 is 3.00 bits per heavy atom. The van der Waals surface area contributed by atoms with Crippen molar-refractivity contribution in [1.82, 2.24) is 15.3 Å². The number of H-pyrrole nitrogens is 1. The molecular weight excluding hydrogens is 254 g/mol. The number of para-hydroxylation sites is 1. The maximum atomic E-state index is 4.67. The van der Waals surface area contributed by atoms with Gasteiger partial charge in [-0.1, -0.05) is 12.1 Å². The third-order valence-corrected chi connectivity index (χ3v) is 4.02. The van der Waals surface area contributed by atoms with Crippen molar-refractivity contribution in [3.05, 3.63) is 29.6 Å². The van der Waals surface area contributed by atoms with Crippen molar-refractivity contribution >= 4 is 22.8 Å². The highest BCUT2D eigenvalue weighted by atomic mass is 32.2. The summed E-state index contributed by atoms with van der Waals surface area (Å²) in [7, 11) is 0. The number of hydrogen-bond donors (Lipinski definition) is 2. The third-order valence-electron chi connectivity index (χ3n) is 3.37. The summed E-state index contributed by atoms with van der Waals surface area (Å²) >= 11 is 1.91. The zero-order valence-electron chi connectivity index (χ0n) is 12.0. The molecule has 0 aliphatic carbocycles. The van der Waals surface area contributed by atoms with Gasteiger partial charge in [-0.3, -0.25) is 0 Å². The highest BCUT2D eigenvalue weighted by Gasteiger charge is 2.05. The number of hydrogen-bond acceptors (Lipinski definition) is 3. The molecule has 0 fully saturated rings. The lowest BCUT2D eigenvalue weighted by Gasteiger charge is -2.11. The Hall–Kier alpha value is -1.00. The van der Waals surface area contributed by atoms with Gasteiger partial charge in [0.05, 0.1) is 11.0 Å². The molecule has 2 rings (SSSR count). The van der Waals surface area contributed by atoms with Crippen molar-refractivity contribution < 1.29 is 0 Å². The smallest absolute Gasteiger partial charge is 0.108 e. The van der Waals surface area contributed by atoms with Gasteiger partial charge in [0.25, 0.3) is 0 Å². The van der Waals surface area contributed by atoms with Crippen LogP contribution in [-0.4, -0.2) is 34.6 Å². The van der Waals surface area contributed by atoms with Crippen LogP contribution in [0.5, 0.6) is 0 Å². The van der Waals surface area contributed by atoms with Gasteiger partial charge in [-0.25, -0.2) is 4.98 Å². The van der Waals surface area contributed by atoms with Crippen molar-refractivity contribution in [1.29, 1.82) is 0 Å². The van der Waals surface area contributed by atoms with Crippen LogP contribution in [0.2, 0.25) is 0 Å². The normalized spacial score (nSPS) is 13.0.